The van der Waals surface area contributed by atoms with Gasteiger partial charge in [-0.25, -0.2) is 4.98 Å². The molecular weight excluding hydrogens is 1330 g/mol. The summed E-state index contributed by atoms with van der Waals surface area (Å²) in [5.41, 5.74) is 33.8. The summed E-state index contributed by atoms with van der Waals surface area (Å²) in [4.78, 5) is 7.81. The standard InChI is InChI=1S/3C13H23N.C12H20O.C12H20S.3C11H20N2/c1-8(2)12-10(5)13(9(3)4)14(7)11(12)6;1-8(2)12-10(5)11(6)13(9(3)4)14(12)7;1-8(2)13-10(5)11(6)14(9(3)4)12(13)7;2*1-7(2)11-9(5)10(6)12(13-11)8(3)4;1-7(2)10-9(5)13(6)11(12-10)8(3)4;2*1-7(2)11-9(5)10(6)13(12-11)8(3)4/h3*8-9H,1-7H3;5*7-8H,1-6H3. The van der Waals surface area contributed by atoms with Crippen LogP contribution in [0.25, 0.3) is 0 Å². The number of aromatic nitrogens is 9. The number of furan rings is 1. The van der Waals surface area contributed by atoms with Gasteiger partial charge in [-0.15, -0.1) is 11.3 Å². The third kappa shape index (κ3) is 24.7. The van der Waals surface area contributed by atoms with Crippen molar-refractivity contribution in [1.82, 2.24) is 42.8 Å². The molecule has 0 amide bonds. The van der Waals surface area contributed by atoms with Crippen LogP contribution in [0.3, 0.4) is 0 Å². The van der Waals surface area contributed by atoms with Gasteiger partial charge in [0.05, 0.1) is 17.1 Å². The lowest BCUT2D eigenvalue weighted by atomic mass is 9.96. The van der Waals surface area contributed by atoms with Gasteiger partial charge in [-0.2, -0.15) is 10.2 Å². The van der Waals surface area contributed by atoms with Crippen molar-refractivity contribution in [3.8, 4) is 0 Å². The second kappa shape index (κ2) is 42.7. The summed E-state index contributed by atoms with van der Waals surface area (Å²) in [6.45, 7) is 107. The van der Waals surface area contributed by atoms with E-state index in [9.17, 15) is 0 Å². The normalized spacial score (nSPS) is 11.7. The third-order valence-electron chi connectivity index (χ3n) is 22.2. The van der Waals surface area contributed by atoms with Gasteiger partial charge in [-0.05, 0) is 278 Å². The minimum absolute atomic E-state index is 0.464. The van der Waals surface area contributed by atoms with E-state index in [2.05, 4.69) is 396 Å². The molecule has 0 aliphatic rings. The van der Waals surface area contributed by atoms with E-state index >= 15 is 0 Å². The van der Waals surface area contributed by atoms with Gasteiger partial charge < -0.3 is 22.7 Å². The summed E-state index contributed by atoms with van der Waals surface area (Å²) < 4.78 is 19.5. The Morgan fingerprint density at radius 2 is 0.579 bits per heavy atom. The van der Waals surface area contributed by atoms with Crippen LogP contribution >= 0.6 is 11.3 Å². The molecule has 11 heteroatoms. The first-order valence-electron chi connectivity index (χ1n) is 41.7. The lowest BCUT2D eigenvalue weighted by Gasteiger charge is -2.14. The molecule has 0 aliphatic carbocycles. The summed E-state index contributed by atoms with van der Waals surface area (Å²) in [5.74, 6) is 11.0. The number of thiophene rings is 1. The maximum atomic E-state index is 5.87. The first-order chi connectivity index (χ1) is 48.9. The van der Waals surface area contributed by atoms with Gasteiger partial charge in [0.15, 0.2) is 0 Å². The van der Waals surface area contributed by atoms with Crippen LogP contribution in [0, 0.1) is 111 Å². The van der Waals surface area contributed by atoms with Gasteiger partial charge >= 0.3 is 0 Å². The largest absolute Gasteiger partial charge is 0.465 e. The molecule has 0 fully saturated rings. The van der Waals surface area contributed by atoms with E-state index in [0.717, 1.165) is 11.5 Å². The molecule has 610 valence electrons. The van der Waals surface area contributed by atoms with Crippen LogP contribution in [0.5, 0.6) is 0 Å². The molecule has 8 aromatic heterocycles. The second-order valence-corrected chi connectivity index (χ2v) is 37.3. The Morgan fingerprint density at radius 1 is 0.252 bits per heavy atom. The molecule has 0 atom stereocenters. The monoisotopic (exact) mass is 1500 g/mol. The molecule has 8 aromatic rings. The molecule has 0 radical (unpaired) electrons. The summed E-state index contributed by atoms with van der Waals surface area (Å²) in [5, 5.41) is 9.25. The Hall–Kier alpha value is -5.55. The molecular formula is C96H169N9OS. The Labute approximate surface area is 665 Å². The molecule has 8 heterocycles. The fourth-order valence-electron chi connectivity index (χ4n) is 16.5. The maximum Gasteiger partial charge on any atom is 0.111 e. The van der Waals surface area contributed by atoms with Crippen LogP contribution in [0.15, 0.2) is 4.42 Å². The van der Waals surface area contributed by atoms with Crippen LogP contribution in [0.4, 0.5) is 0 Å². The quantitative estimate of drug-likeness (QED) is 0.0965. The van der Waals surface area contributed by atoms with E-state index < -0.39 is 0 Å². The van der Waals surface area contributed by atoms with Crippen molar-refractivity contribution in [3.63, 3.8) is 0 Å². The lowest BCUT2D eigenvalue weighted by Crippen LogP contribution is -2.05. The summed E-state index contributed by atoms with van der Waals surface area (Å²) >= 11 is 2.00. The van der Waals surface area contributed by atoms with E-state index in [1.807, 2.05) is 11.3 Å². The molecule has 8 rings (SSSR count). The molecule has 0 aromatic carbocycles. The Bertz CT molecular complexity index is 3260. The average Bonchev–Trinajstić information content (AvgIpc) is 1.64. The first kappa shape index (κ1) is 99.5. The zero-order valence-corrected chi connectivity index (χ0v) is 80.4. The molecule has 107 heavy (non-hydrogen) atoms. The van der Waals surface area contributed by atoms with Gasteiger partial charge in [0.2, 0.25) is 0 Å². The number of nitrogens with zero attached hydrogens (tertiary/aromatic N) is 9. The number of hydrogen-bond donors (Lipinski definition) is 0. The van der Waals surface area contributed by atoms with Gasteiger partial charge in [-0.3, -0.25) is 9.36 Å². The molecule has 10 nitrogen and oxygen atoms in total. The van der Waals surface area contributed by atoms with E-state index in [0.29, 0.717) is 95.1 Å². The van der Waals surface area contributed by atoms with Crippen molar-refractivity contribution in [2.24, 2.45) is 21.1 Å². The first-order valence-corrected chi connectivity index (χ1v) is 42.5. The molecule has 0 aliphatic heterocycles. The highest BCUT2D eigenvalue weighted by Gasteiger charge is 2.24. The van der Waals surface area contributed by atoms with E-state index in [4.69, 9.17) is 4.42 Å². The summed E-state index contributed by atoms with van der Waals surface area (Å²) in [7, 11) is 6.48. The van der Waals surface area contributed by atoms with Crippen LogP contribution in [-0.2, 0) is 21.1 Å². The van der Waals surface area contributed by atoms with E-state index in [-0.39, 0.29) is 0 Å². The smallest absolute Gasteiger partial charge is 0.111 e. The molecule has 0 saturated carbocycles. The van der Waals surface area contributed by atoms with Gasteiger partial charge in [0.1, 0.15) is 17.3 Å². The number of hydrogen-bond acceptors (Lipinski definition) is 5. The van der Waals surface area contributed by atoms with Crippen LogP contribution in [-0.4, -0.2) is 42.8 Å². The van der Waals surface area contributed by atoms with Gasteiger partial charge in [0, 0.05) is 118 Å². The molecule has 0 bridgehead atoms. The maximum absolute atomic E-state index is 5.87. The topological polar surface area (TPSA) is 81.4 Å². The fraction of sp³-hybridized carbons (Fsp3) is 0.698. The van der Waals surface area contributed by atoms with Crippen molar-refractivity contribution in [2.75, 3.05) is 0 Å². The second-order valence-electron chi connectivity index (χ2n) is 36.3. The SMILES string of the molecule is Cc1c(C(C)C)c(C)n(C(C)C)c1C.Cc1c(C(C)C)c(C)n(C)c1C(C)C.Cc1c(C(C)C)nc(C(C)C)n1C.Cc1c(C(C)C)nn(C(C)C)c1C.Cc1c(C(C)C)nn(C(C)C)c1C.Cc1c(C(C)C)oc(C(C)C)c1C.Cc1c(C(C)C)sc(C(C)C)c1C.Cc1c(C)c(C(C)C)n(C)c1C(C)C. The number of rotatable bonds is 16. The highest BCUT2D eigenvalue weighted by atomic mass is 32.1. The van der Waals surface area contributed by atoms with Crippen LogP contribution in [0.2, 0.25) is 0 Å². The molecule has 0 unspecified atom stereocenters. The zero-order valence-electron chi connectivity index (χ0n) is 79.6. The summed E-state index contributed by atoms with van der Waals surface area (Å²) in [6, 6.07) is 1.50. The fourth-order valence-corrected chi connectivity index (χ4v) is 17.8. The zero-order chi connectivity index (χ0) is 84.0. The minimum atomic E-state index is 0.464. The van der Waals surface area contributed by atoms with Crippen molar-refractivity contribution in [3.05, 3.63) is 162 Å². The Kier molecular flexibility index (Phi) is 39.7. The van der Waals surface area contributed by atoms with Crippen molar-refractivity contribution >= 4 is 11.3 Å². The lowest BCUT2D eigenvalue weighted by molar-refractivity contribution is 0.429. The van der Waals surface area contributed by atoms with Crippen molar-refractivity contribution in [2.45, 2.75) is 427 Å². The predicted octanol–water partition coefficient (Wildman–Crippen LogP) is 30.0. The highest BCUT2D eigenvalue weighted by Crippen LogP contribution is 2.39. The third-order valence-corrected chi connectivity index (χ3v) is 24.2. The Balaban J connectivity index is 0.000000612. The van der Waals surface area contributed by atoms with Gasteiger partial charge in [-0.1, -0.05) is 180 Å². The minimum Gasteiger partial charge on any atom is -0.465 e. The van der Waals surface area contributed by atoms with Crippen LogP contribution < -0.4 is 0 Å². The van der Waals surface area contributed by atoms with Crippen molar-refractivity contribution < 1.29 is 4.42 Å². The average molecular weight is 1500 g/mol. The summed E-state index contributed by atoms with van der Waals surface area (Å²) in [6.07, 6.45) is 0. The van der Waals surface area contributed by atoms with E-state index in [1.165, 1.54) is 141 Å². The van der Waals surface area contributed by atoms with E-state index in [1.54, 1.807) is 9.75 Å². The molecule has 0 N–H and O–H groups in total. The number of imidazole rings is 1. The molecule has 0 spiro atoms. The van der Waals surface area contributed by atoms with Crippen molar-refractivity contribution in [1.29, 1.82) is 0 Å². The van der Waals surface area contributed by atoms with Gasteiger partial charge in [0.25, 0.3) is 0 Å². The van der Waals surface area contributed by atoms with Crippen LogP contribution in [0.1, 0.15) is 479 Å². The molecule has 0 saturated heterocycles. The highest BCUT2D eigenvalue weighted by molar-refractivity contribution is 7.12. The Morgan fingerprint density at radius 3 is 0.748 bits per heavy atom. The predicted molar refractivity (Wildman–Crippen MR) is 476 cm³/mol.